The van der Waals surface area contributed by atoms with E-state index in [9.17, 15) is 0 Å². The van der Waals surface area contributed by atoms with Gasteiger partial charge in [0.1, 0.15) is 0 Å². The van der Waals surface area contributed by atoms with Crippen LogP contribution >= 0.6 is 0 Å². The molecule has 1 heterocycles. The highest BCUT2D eigenvalue weighted by molar-refractivity contribution is 4.91. The second-order valence-corrected chi connectivity index (χ2v) is 8.62. The van der Waals surface area contributed by atoms with E-state index in [1.165, 1.54) is 64.2 Å². The second-order valence-electron chi connectivity index (χ2n) is 8.62. The monoisotopic (exact) mass is 336 g/mol. The Balaban J connectivity index is 1.60. The molecule has 3 fully saturated rings. The van der Waals surface area contributed by atoms with Crippen molar-refractivity contribution >= 4 is 0 Å². The summed E-state index contributed by atoms with van der Waals surface area (Å²) in [5, 5.41) is 15.6. The van der Waals surface area contributed by atoms with Crippen LogP contribution < -0.4 is 21.3 Å². The highest BCUT2D eigenvalue weighted by Crippen LogP contribution is 2.21. The molecule has 0 aromatic rings. The fourth-order valence-corrected chi connectivity index (χ4v) is 5.02. The lowest BCUT2D eigenvalue weighted by atomic mass is 9.88. The minimum absolute atomic E-state index is 0.613. The van der Waals surface area contributed by atoms with E-state index in [1.54, 1.807) is 0 Å². The Kier molecular flexibility index (Phi) is 7.38. The van der Waals surface area contributed by atoms with Gasteiger partial charge in [-0.2, -0.15) is 0 Å². The summed E-state index contributed by atoms with van der Waals surface area (Å²) in [6, 6.07) is 3.91. The Bertz CT molecular complexity index is 328. The van der Waals surface area contributed by atoms with Crippen molar-refractivity contribution in [2.45, 2.75) is 114 Å². The lowest BCUT2D eigenvalue weighted by Crippen LogP contribution is -2.56. The van der Waals surface area contributed by atoms with E-state index in [4.69, 9.17) is 0 Å². The first-order valence-electron chi connectivity index (χ1n) is 10.7. The molecule has 6 atom stereocenters. The van der Waals surface area contributed by atoms with Crippen molar-refractivity contribution in [3.05, 3.63) is 0 Å². The van der Waals surface area contributed by atoms with Crippen molar-refractivity contribution in [3.8, 4) is 0 Å². The van der Waals surface area contributed by atoms with Gasteiger partial charge >= 0.3 is 0 Å². The van der Waals surface area contributed by atoms with Crippen LogP contribution in [0.2, 0.25) is 0 Å². The van der Waals surface area contributed by atoms with Crippen molar-refractivity contribution in [1.29, 1.82) is 0 Å². The predicted molar refractivity (Wildman–Crippen MR) is 103 cm³/mol. The standard InChI is InChI=1S/C20H40N4/c1-15-11-13-21-18-8-4-6-10-20(18)24-16(2)12-14-22-17-7-3-5-9-19(17)23-15/h15-24H,3-14H2,1-2H3/t15-,16+,17+,18-,19-,20+. The van der Waals surface area contributed by atoms with E-state index in [0.29, 0.717) is 36.3 Å². The van der Waals surface area contributed by atoms with Gasteiger partial charge in [-0.3, -0.25) is 0 Å². The molecule has 0 radical (unpaired) electrons. The number of hydrogen-bond acceptors (Lipinski definition) is 4. The minimum atomic E-state index is 0.613. The number of fused-ring (bicyclic) bond motifs is 2. The maximum atomic E-state index is 3.94. The van der Waals surface area contributed by atoms with Crippen LogP contribution in [0.1, 0.15) is 78.1 Å². The van der Waals surface area contributed by atoms with E-state index in [0.717, 1.165) is 13.1 Å². The summed E-state index contributed by atoms with van der Waals surface area (Å²) in [6.07, 6.45) is 13.4. The topological polar surface area (TPSA) is 48.1 Å². The summed E-state index contributed by atoms with van der Waals surface area (Å²) in [6.45, 7) is 7.04. The molecule has 0 spiro atoms. The molecule has 1 aliphatic heterocycles. The van der Waals surface area contributed by atoms with Crippen molar-refractivity contribution in [2.75, 3.05) is 13.1 Å². The van der Waals surface area contributed by atoms with Crippen molar-refractivity contribution in [3.63, 3.8) is 0 Å². The normalized spacial score (nSPS) is 43.2. The van der Waals surface area contributed by atoms with Gasteiger partial charge in [-0.05, 0) is 65.5 Å². The van der Waals surface area contributed by atoms with Gasteiger partial charge in [-0.25, -0.2) is 0 Å². The summed E-state index contributed by atoms with van der Waals surface area (Å²) >= 11 is 0. The third-order valence-electron chi connectivity index (χ3n) is 6.50. The van der Waals surface area contributed by atoms with Gasteiger partial charge in [-0.1, -0.05) is 25.7 Å². The maximum Gasteiger partial charge on any atom is 0.0223 e. The van der Waals surface area contributed by atoms with E-state index in [-0.39, 0.29) is 0 Å². The average molecular weight is 337 g/mol. The first-order valence-corrected chi connectivity index (χ1v) is 10.7. The molecule has 2 aliphatic carbocycles. The smallest absolute Gasteiger partial charge is 0.0223 e. The summed E-state index contributed by atoms with van der Waals surface area (Å²) in [4.78, 5) is 0. The summed E-state index contributed by atoms with van der Waals surface area (Å²) in [5.41, 5.74) is 0. The van der Waals surface area contributed by atoms with Gasteiger partial charge in [0.2, 0.25) is 0 Å². The van der Waals surface area contributed by atoms with Gasteiger partial charge < -0.3 is 21.3 Å². The van der Waals surface area contributed by atoms with Crippen LogP contribution in [0.25, 0.3) is 0 Å². The Labute approximate surface area is 149 Å². The lowest BCUT2D eigenvalue weighted by molar-refractivity contribution is 0.234. The van der Waals surface area contributed by atoms with Crippen LogP contribution in [-0.4, -0.2) is 49.3 Å². The first-order chi connectivity index (χ1) is 11.7. The Morgan fingerprint density at radius 1 is 0.500 bits per heavy atom. The minimum Gasteiger partial charge on any atom is -0.312 e. The van der Waals surface area contributed by atoms with Gasteiger partial charge in [0.05, 0.1) is 0 Å². The van der Waals surface area contributed by atoms with Crippen LogP contribution in [0.3, 0.4) is 0 Å². The van der Waals surface area contributed by atoms with Gasteiger partial charge in [0, 0.05) is 36.3 Å². The predicted octanol–water partition coefficient (Wildman–Crippen LogP) is 2.54. The van der Waals surface area contributed by atoms with E-state index in [2.05, 4.69) is 35.1 Å². The molecule has 24 heavy (non-hydrogen) atoms. The highest BCUT2D eigenvalue weighted by atomic mass is 15.1. The molecule has 0 bridgehead atoms. The number of rotatable bonds is 0. The largest absolute Gasteiger partial charge is 0.312 e. The number of hydrogen-bond donors (Lipinski definition) is 4. The first kappa shape index (κ1) is 18.6. The molecule has 0 aromatic heterocycles. The third-order valence-corrected chi connectivity index (χ3v) is 6.50. The maximum absolute atomic E-state index is 3.94. The molecule has 0 aromatic carbocycles. The van der Waals surface area contributed by atoms with Crippen molar-refractivity contribution < 1.29 is 0 Å². The van der Waals surface area contributed by atoms with Crippen LogP contribution in [0, 0.1) is 0 Å². The lowest BCUT2D eigenvalue weighted by Gasteiger charge is -2.38. The van der Waals surface area contributed by atoms with Crippen LogP contribution in [0.5, 0.6) is 0 Å². The summed E-state index contributed by atoms with van der Waals surface area (Å²) in [7, 11) is 0. The molecule has 1 saturated heterocycles. The molecule has 0 unspecified atom stereocenters. The molecule has 4 nitrogen and oxygen atoms in total. The second kappa shape index (κ2) is 9.51. The van der Waals surface area contributed by atoms with Crippen LogP contribution in [-0.2, 0) is 0 Å². The Morgan fingerprint density at radius 3 is 1.29 bits per heavy atom. The SMILES string of the molecule is C[C@@H]1CCN[C@@H]2CCCC[C@@H]2N[C@@H](C)CCN[C@H]2CCCC[C@H]2N1. The van der Waals surface area contributed by atoms with Gasteiger partial charge in [0.25, 0.3) is 0 Å². The molecule has 0 amide bonds. The van der Waals surface area contributed by atoms with Crippen LogP contribution in [0.4, 0.5) is 0 Å². The molecular weight excluding hydrogens is 296 g/mol. The average Bonchev–Trinajstić information content (AvgIpc) is 2.57. The fourth-order valence-electron chi connectivity index (χ4n) is 5.02. The van der Waals surface area contributed by atoms with Gasteiger partial charge in [0.15, 0.2) is 0 Å². The van der Waals surface area contributed by atoms with E-state index in [1.807, 2.05) is 0 Å². The summed E-state index contributed by atoms with van der Waals surface area (Å²) < 4.78 is 0. The van der Waals surface area contributed by atoms with E-state index < -0.39 is 0 Å². The molecule has 2 saturated carbocycles. The quantitative estimate of drug-likeness (QED) is 0.549. The molecular formula is C20H40N4. The molecule has 140 valence electrons. The third kappa shape index (κ3) is 5.42. The number of nitrogens with one attached hydrogen (secondary N) is 4. The summed E-state index contributed by atoms with van der Waals surface area (Å²) in [5.74, 6) is 0. The zero-order valence-electron chi connectivity index (χ0n) is 15.9. The molecule has 3 rings (SSSR count). The van der Waals surface area contributed by atoms with Crippen LogP contribution in [0.15, 0.2) is 0 Å². The fraction of sp³-hybridized carbons (Fsp3) is 1.00. The molecule has 4 N–H and O–H groups in total. The highest BCUT2D eigenvalue weighted by Gasteiger charge is 2.28. The molecule has 3 aliphatic rings. The molecule has 4 heteroatoms. The zero-order valence-corrected chi connectivity index (χ0v) is 15.9. The van der Waals surface area contributed by atoms with Gasteiger partial charge in [-0.15, -0.1) is 0 Å². The van der Waals surface area contributed by atoms with Crippen molar-refractivity contribution in [2.24, 2.45) is 0 Å². The Hall–Kier alpha value is -0.160. The van der Waals surface area contributed by atoms with Crippen molar-refractivity contribution in [1.82, 2.24) is 21.3 Å². The van der Waals surface area contributed by atoms with E-state index >= 15 is 0 Å². The Morgan fingerprint density at radius 2 is 0.875 bits per heavy atom. The zero-order chi connectivity index (χ0) is 16.8.